The zero-order valence-corrected chi connectivity index (χ0v) is 17.1. The number of carbonyl (C=O) groups excluding carboxylic acids is 4. The molecule has 1 aromatic rings. The quantitative estimate of drug-likeness (QED) is 0.396. The lowest BCUT2D eigenvalue weighted by molar-refractivity contribution is -0.139. The minimum Gasteiger partial charge on any atom is -0.370 e. The summed E-state index contributed by atoms with van der Waals surface area (Å²) in [5.74, 6) is -0.740. The third-order valence-corrected chi connectivity index (χ3v) is 6.11. The van der Waals surface area contributed by atoms with Gasteiger partial charge in [-0.05, 0) is 19.8 Å². The van der Waals surface area contributed by atoms with Gasteiger partial charge in [-0.2, -0.15) is 5.01 Å². The van der Waals surface area contributed by atoms with Crippen molar-refractivity contribution in [1.29, 1.82) is 0 Å². The SMILES string of the molecule is CCn1c(CCC(N)=O)nnc1SCC(=O)NN1C(=O)NC2(CCCCC2)C1=O. The fraction of sp³-hybridized carbons (Fsp3) is 0.647. The molecule has 0 radical (unpaired) electrons. The highest BCUT2D eigenvalue weighted by atomic mass is 32.2. The third kappa shape index (κ3) is 4.52. The molecule has 2 heterocycles. The van der Waals surface area contributed by atoms with Crippen LogP contribution in [-0.4, -0.2) is 54.8 Å². The zero-order valence-electron chi connectivity index (χ0n) is 16.3. The number of carbonyl (C=O) groups is 4. The van der Waals surface area contributed by atoms with Crippen molar-refractivity contribution in [3.8, 4) is 0 Å². The second kappa shape index (κ2) is 8.80. The van der Waals surface area contributed by atoms with Gasteiger partial charge in [0, 0.05) is 19.4 Å². The molecular formula is C17H25N7O4S. The van der Waals surface area contributed by atoms with Crippen LogP contribution in [0.4, 0.5) is 4.79 Å². The normalized spacial score (nSPS) is 18.2. The van der Waals surface area contributed by atoms with E-state index in [1.807, 2.05) is 6.92 Å². The van der Waals surface area contributed by atoms with Crippen molar-refractivity contribution in [2.45, 2.75) is 69.1 Å². The Bertz CT molecular complexity index is 819. The average molecular weight is 423 g/mol. The van der Waals surface area contributed by atoms with Crippen LogP contribution in [0.5, 0.6) is 0 Å². The fourth-order valence-electron chi connectivity index (χ4n) is 3.67. The van der Waals surface area contributed by atoms with E-state index in [0.29, 0.717) is 36.8 Å². The molecule has 1 saturated heterocycles. The van der Waals surface area contributed by atoms with Gasteiger partial charge in [0.2, 0.25) is 11.8 Å². The number of hydrogen-bond acceptors (Lipinski definition) is 7. The van der Waals surface area contributed by atoms with E-state index in [0.717, 1.165) is 36.0 Å². The van der Waals surface area contributed by atoms with Crippen LogP contribution >= 0.6 is 11.8 Å². The van der Waals surface area contributed by atoms with Gasteiger partial charge in [0.15, 0.2) is 5.16 Å². The largest absolute Gasteiger partial charge is 0.370 e. The van der Waals surface area contributed by atoms with Crippen LogP contribution in [0.15, 0.2) is 5.16 Å². The first-order valence-corrected chi connectivity index (χ1v) is 10.6. The monoisotopic (exact) mass is 423 g/mol. The van der Waals surface area contributed by atoms with Crippen LogP contribution in [0.25, 0.3) is 0 Å². The van der Waals surface area contributed by atoms with Gasteiger partial charge in [-0.15, -0.1) is 10.2 Å². The standard InChI is InChI=1S/C17H25N7O4S/c1-2-23-12(7-6-11(18)25)20-21-16(23)29-10-13(26)22-24-14(27)17(19-15(24)28)8-4-3-5-9-17/h2-10H2,1H3,(H2,18,25)(H,19,28)(H,22,26). The van der Waals surface area contributed by atoms with Gasteiger partial charge in [-0.1, -0.05) is 31.0 Å². The van der Waals surface area contributed by atoms with Crippen molar-refractivity contribution in [2.75, 3.05) is 5.75 Å². The Morgan fingerprint density at radius 3 is 2.62 bits per heavy atom. The Morgan fingerprint density at radius 1 is 1.24 bits per heavy atom. The van der Waals surface area contributed by atoms with E-state index in [9.17, 15) is 19.2 Å². The maximum atomic E-state index is 12.7. The molecule has 1 aliphatic heterocycles. The zero-order chi connectivity index (χ0) is 21.0. The smallest absolute Gasteiger partial charge is 0.344 e. The molecule has 2 aliphatic rings. The van der Waals surface area contributed by atoms with E-state index in [2.05, 4.69) is 20.9 Å². The molecule has 1 aromatic heterocycles. The van der Waals surface area contributed by atoms with E-state index < -0.39 is 29.3 Å². The maximum absolute atomic E-state index is 12.7. The second-order valence-electron chi connectivity index (χ2n) is 7.15. The predicted octanol–water partition coefficient (Wildman–Crippen LogP) is 0.0939. The van der Waals surface area contributed by atoms with Gasteiger partial charge < -0.3 is 15.6 Å². The Hall–Kier alpha value is -2.63. The van der Waals surface area contributed by atoms with Gasteiger partial charge in [0.25, 0.3) is 5.91 Å². The van der Waals surface area contributed by atoms with Crippen LogP contribution in [0.1, 0.15) is 51.3 Å². The summed E-state index contributed by atoms with van der Waals surface area (Å²) in [5.41, 5.74) is 6.69. The topological polar surface area (TPSA) is 152 Å². The second-order valence-corrected chi connectivity index (χ2v) is 8.09. The lowest BCUT2D eigenvalue weighted by Crippen LogP contribution is -2.51. The van der Waals surface area contributed by atoms with E-state index in [-0.39, 0.29) is 12.2 Å². The summed E-state index contributed by atoms with van der Waals surface area (Å²) in [7, 11) is 0. The summed E-state index contributed by atoms with van der Waals surface area (Å²) in [5, 5.41) is 12.1. The lowest BCUT2D eigenvalue weighted by atomic mass is 9.82. The predicted molar refractivity (Wildman–Crippen MR) is 103 cm³/mol. The number of amides is 5. The van der Waals surface area contributed by atoms with Gasteiger partial charge in [-0.3, -0.25) is 19.8 Å². The molecule has 11 nitrogen and oxygen atoms in total. The number of nitrogens with zero attached hydrogens (tertiary/aromatic N) is 4. The van der Waals surface area contributed by atoms with E-state index in [1.54, 1.807) is 4.57 Å². The maximum Gasteiger partial charge on any atom is 0.344 e. The number of nitrogens with two attached hydrogens (primary N) is 1. The molecule has 29 heavy (non-hydrogen) atoms. The molecule has 0 unspecified atom stereocenters. The fourth-order valence-corrected chi connectivity index (χ4v) is 4.48. The highest BCUT2D eigenvalue weighted by Crippen LogP contribution is 2.33. The summed E-state index contributed by atoms with van der Waals surface area (Å²) >= 11 is 1.14. The highest BCUT2D eigenvalue weighted by molar-refractivity contribution is 7.99. The van der Waals surface area contributed by atoms with Crippen molar-refractivity contribution in [2.24, 2.45) is 5.73 Å². The van der Waals surface area contributed by atoms with Crippen LogP contribution in [0, 0.1) is 0 Å². The molecule has 12 heteroatoms. The van der Waals surface area contributed by atoms with Crippen LogP contribution in [0.3, 0.4) is 0 Å². The molecule has 0 atom stereocenters. The number of thioether (sulfide) groups is 1. The van der Waals surface area contributed by atoms with E-state index in [4.69, 9.17) is 5.73 Å². The molecule has 2 fully saturated rings. The van der Waals surface area contributed by atoms with E-state index >= 15 is 0 Å². The molecule has 1 aliphatic carbocycles. The number of aryl methyl sites for hydroxylation is 1. The number of aromatic nitrogens is 3. The molecule has 0 bridgehead atoms. The summed E-state index contributed by atoms with van der Waals surface area (Å²) in [4.78, 5) is 48.2. The van der Waals surface area contributed by atoms with Crippen molar-refractivity contribution in [3.05, 3.63) is 5.82 Å². The number of urea groups is 1. The van der Waals surface area contributed by atoms with Gasteiger partial charge >= 0.3 is 6.03 Å². The van der Waals surface area contributed by atoms with Crippen molar-refractivity contribution in [3.63, 3.8) is 0 Å². The highest BCUT2D eigenvalue weighted by Gasteiger charge is 2.52. The number of imide groups is 1. The molecule has 3 rings (SSSR count). The Balaban J connectivity index is 1.57. The van der Waals surface area contributed by atoms with Crippen LogP contribution in [0.2, 0.25) is 0 Å². The number of primary amides is 1. The number of rotatable bonds is 8. The van der Waals surface area contributed by atoms with E-state index in [1.165, 1.54) is 0 Å². The minimum absolute atomic E-state index is 0.0436. The van der Waals surface area contributed by atoms with Crippen molar-refractivity contribution >= 4 is 35.5 Å². The summed E-state index contributed by atoms with van der Waals surface area (Å²) in [6.45, 7) is 2.47. The minimum atomic E-state index is -0.881. The molecule has 4 N–H and O–H groups in total. The lowest BCUT2D eigenvalue weighted by Gasteiger charge is -2.30. The number of hydrogen-bond donors (Lipinski definition) is 3. The molecule has 1 spiro atoms. The van der Waals surface area contributed by atoms with Crippen LogP contribution < -0.4 is 16.5 Å². The molecule has 158 valence electrons. The summed E-state index contributed by atoms with van der Waals surface area (Å²) < 4.78 is 1.80. The van der Waals surface area contributed by atoms with Gasteiger partial charge in [-0.25, -0.2) is 4.79 Å². The molecule has 0 aromatic carbocycles. The van der Waals surface area contributed by atoms with Crippen molar-refractivity contribution in [1.82, 2.24) is 30.5 Å². The first-order chi connectivity index (χ1) is 13.9. The Labute approximate surface area is 172 Å². The summed E-state index contributed by atoms with van der Waals surface area (Å²) in [6.07, 6.45) is 4.49. The Kier molecular flexibility index (Phi) is 6.40. The van der Waals surface area contributed by atoms with Crippen LogP contribution in [-0.2, 0) is 27.3 Å². The Morgan fingerprint density at radius 2 is 1.97 bits per heavy atom. The number of hydrazine groups is 1. The average Bonchev–Trinajstić information content (AvgIpc) is 3.19. The molecule has 1 saturated carbocycles. The first kappa shape index (κ1) is 21.1. The third-order valence-electron chi connectivity index (χ3n) is 5.14. The van der Waals surface area contributed by atoms with Gasteiger partial charge in [0.05, 0.1) is 5.75 Å². The number of nitrogens with one attached hydrogen (secondary N) is 2. The first-order valence-electron chi connectivity index (χ1n) is 9.65. The van der Waals surface area contributed by atoms with Gasteiger partial charge in [0.1, 0.15) is 11.4 Å². The summed E-state index contributed by atoms with van der Waals surface area (Å²) in [6, 6.07) is -0.597. The molecular weight excluding hydrogens is 398 g/mol. The molecule has 5 amide bonds. The van der Waals surface area contributed by atoms with Crippen molar-refractivity contribution < 1.29 is 19.2 Å².